The molecule has 0 saturated heterocycles. The first-order valence-electron chi connectivity index (χ1n) is 5.60. The maximum absolute atomic E-state index is 4.31. The van der Waals surface area contributed by atoms with Crippen molar-refractivity contribution in [2.45, 2.75) is 6.04 Å². The average molecular weight is 243 g/mol. The van der Waals surface area contributed by atoms with Crippen molar-refractivity contribution in [2.24, 2.45) is 7.05 Å². The quantitative estimate of drug-likeness (QED) is 0.709. The summed E-state index contributed by atoms with van der Waals surface area (Å²) in [4.78, 5) is 4.14. The van der Waals surface area contributed by atoms with Gasteiger partial charge in [0.25, 0.3) is 0 Å². The van der Waals surface area contributed by atoms with E-state index in [2.05, 4.69) is 25.7 Å². The number of hydrogen-bond donors (Lipinski definition) is 1. The Morgan fingerprint density at radius 2 is 2.17 bits per heavy atom. The zero-order valence-electron chi connectivity index (χ0n) is 10.1. The molecule has 3 aromatic rings. The first-order valence-corrected chi connectivity index (χ1v) is 5.60. The van der Waals surface area contributed by atoms with Crippen LogP contribution in [0, 0.1) is 0 Å². The number of aryl methyl sites for hydroxylation is 1. The maximum Gasteiger partial charge on any atom is 0.0896 e. The summed E-state index contributed by atoms with van der Waals surface area (Å²) in [5.74, 6) is 0. The molecule has 0 aromatic carbocycles. The molecule has 1 atom stereocenters. The molecular formula is C11H13N7. The van der Waals surface area contributed by atoms with Crippen LogP contribution in [0.5, 0.6) is 0 Å². The monoisotopic (exact) mass is 243 g/mol. The topological polar surface area (TPSA) is 72.9 Å². The summed E-state index contributed by atoms with van der Waals surface area (Å²) in [5, 5.41) is 15.4. The number of nitrogens with zero attached hydrogens (tertiary/aromatic N) is 6. The maximum atomic E-state index is 4.31. The molecule has 3 aromatic heterocycles. The largest absolute Gasteiger partial charge is 0.308 e. The molecule has 0 aliphatic carbocycles. The lowest BCUT2D eigenvalue weighted by Crippen LogP contribution is -2.20. The van der Waals surface area contributed by atoms with Crippen molar-refractivity contribution in [3.63, 3.8) is 0 Å². The normalized spacial score (nSPS) is 13.0. The first-order chi connectivity index (χ1) is 8.81. The molecule has 92 valence electrons. The van der Waals surface area contributed by atoms with Crippen LogP contribution in [0.3, 0.4) is 0 Å². The summed E-state index contributed by atoms with van der Waals surface area (Å²) < 4.78 is 3.55. The van der Waals surface area contributed by atoms with Crippen molar-refractivity contribution >= 4 is 5.52 Å². The van der Waals surface area contributed by atoms with Gasteiger partial charge in [0.05, 0.1) is 35.8 Å². The number of hydrogen-bond acceptors (Lipinski definition) is 5. The third-order valence-electron chi connectivity index (χ3n) is 3.00. The zero-order chi connectivity index (χ0) is 12.5. The highest BCUT2D eigenvalue weighted by atomic mass is 15.4. The molecule has 7 heteroatoms. The standard InChI is InChI=1S/C11H13N7/c1-12-11(10-7-14-16-17(10)2)8-5-15-18-4-3-13-6-9(8)18/h3-7,11-12H,1-2H3. The molecule has 3 rings (SSSR count). The van der Waals surface area contributed by atoms with Gasteiger partial charge in [0, 0.05) is 25.0 Å². The lowest BCUT2D eigenvalue weighted by molar-refractivity contribution is 0.600. The van der Waals surface area contributed by atoms with Gasteiger partial charge in [-0.05, 0) is 7.05 Å². The van der Waals surface area contributed by atoms with E-state index in [1.807, 2.05) is 26.5 Å². The lowest BCUT2D eigenvalue weighted by atomic mass is 10.1. The molecule has 3 heterocycles. The Balaban J connectivity index is 2.15. The zero-order valence-corrected chi connectivity index (χ0v) is 10.1. The van der Waals surface area contributed by atoms with Crippen molar-refractivity contribution in [3.05, 3.63) is 42.2 Å². The third-order valence-corrected chi connectivity index (χ3v) is 3.00. The second kappa shape index (κ2) is 4.19. The van der Waals surface area contributed by atoms with E-state index in [-0.39, 0.29) is 6.04 Å². The van der Waals surface area contributed by atoms with Crippen molar-refractivity contribution < 1.29 is 0 Å². The second-order valence-electron chi connectivity index (χ2n) is 4.01. The molecule has 0 amide bonds. The van der Waals surface area contributed by atoms with Gasteiger partial charge in [0.1, 0.15) is 0 Å². The number of aromatic nitrogens is 6. The lowest BCUT2D eigenvalue weighted by Gasteiger charge is -2.14. The van der Waals surface area contributed by atoms with Gasteiger partial charge in [-0.15, -0.1) is 5.10 Å². The molecular weight excluding hydrogens is 230 g/mol. The molecule has 0 radical (unpaired) electrons. The molecule has 0 saturated carbocycles. The molecule has 1 N–H and O–H groups in total. The van der Waals surface area contributed by atoms with E-state index in [4.69, 9.17) is 0 Å². The van der Waals surface area contributed by atoms with Crippen LogP contribution in [0.15, 0.2) is 31.0 Å². The molecule has 0 aliphatic rings. The predicted octanol–water partition coefficient (Wildman–Crippen LogP) is 0.167. The Labute approximate surface area is 103 Å². The summed E-state index contributed by atoms with van der Waals surface area (Å²) in [7, 11) is 3.77. The summed E-state index contributed by atoms with van der Waals surface area (Å²) >= 11 is 0. The van der Waals surface area contributed by atoms with Gasteiger partial charge in [-0.2, -0.15) is 5.10 Å². The van der Waals surface area contributed by atoms with Crippen LogP contribution < -0.4 is 5.32 Å². The Morgan fingerprint density at radius 3 is 2.89 bits per heavy atom. The Hall–Kier alpha value is -2.28. The number of fused-ring (bicyclic) bond motifs is 1. The van der Waals surface area contributed by atoms with Crippen molar-refractivity contribution in [2.75, 3.05) is 7.05 Å². The molecule has 0 fully saturated rings. The summed E-state index contributed by atoms with van der Waals surface area (Å²) in [6.07, 6.45) is 8.93. The summed E-state index contributed by atoms with van der Waals surface area (Å²) in [6, 6.07) is -0.00769. The first kappa shape index (κ1) is 10.8. The van der Waals surface area contributed by atoms with Crippen LogP contribution in [0.1, 0.15) is 17.3 Å². The van der Waals surface area contributed by atoms with Crippen molar-refractivity contribution in [1.29, 1.82) is 0 Å². The molecule has 7 nitrogen and oxygen atoms in total. The highest BCUT2D eigenvalue weighted by Gasteiger charge is 2.20. The third kappa shape index (κ3) is 1.56. The fraction of sp³-hybridized carbons (Fsp3) is 0.273. The number of nitrogens with one attached hydrogen (secondary N) is 1. The highest BCUT2D eigenvalue weighted by Crippen LogP contribution is 2.23. The molecule has 1 unspecified atom stereocenters. The molecule has 0 bridgehead atoms. The van der Waals surface area contributed by atoms with E-state index < -0.39 is 0 Å². The van der Waals surface area contributed by atoms with Crippen LogP contribution in [0.2, 0.25) is 0 Å². The fourth-order valence-corrected chi connectivity index (χ4v) is 2.10. The Bertz CT molecular complexity index is 669. The Morgan fingerprint density at radius 1 is 1.28 bits per heavy atom. The average Bonchev–Trinajstić information content (AvgIpc) is 2.99. The minimum absolute atomic E-state index is 0.00769. The SMILES string of the molecule is CNC(c1cnn2ccncc12)c1cnnn1C. The van der Waals surface area contributed by atoms with Crippen molar-refractivity contribution in [1.82, 2.24) is 34.9 Å². The summed E-state index contributed by atoms with van der Waals surface area (Å²) in [6.45, 7) is 0. The van der Waals surface area contributed by atoms with Gasteiger partial charge in [0.15, 0.2) is 0 Å². The second-order valence-corrected chi connectivity index (χ2v) is 4.01. The van der Waals surface area contributed by atoms with Gasteiger partial charge in [0.2, 0.25) is 0 Å². The van der Waals surface area contributed by atoms with E-state index in [0.717, 1.165) is 16.8 Å². The molecule has 0 aliphatic heterocycles. The smallest absolute Gasteiger partial charge is 0.0896 e. The van der Waals surface area contributed by atoms with Gasteiger partial charge in [-0.3, -0.25) is 9.67 Å². The predicted molar refractivity (Wildman–Crippen MR) is 64.9 cm³/mol. The van der Waals surface area contributed by atoms with E-state index in [1.54, 1.807) is 27.8 Å². The van der Waals surface area contributed by atoms with Crippen LogP contribution >= 0.6 is 0 Å². The van der Waals surface area contributed by atoms with E-state index in [1.165, 1.54) is 0 Å². The van der Waals surface area contributed by atoms with Gasteiger partial charge in [-0.1, -0.05) is 5.21 Å². The highest BCUT2D eigenvalue weighted by molar-refractivity contribution is 5.54. The van der Waals surface area contributed by atoms with E-state index in [0.29, 0.717) is 0 Å². The minimum atomic E-state index is -0.00769. The van der Waals surface area contributed by atoms with Crippen LogP contribution in [-0.2, 0) is 7.05 Å². The van der Waals surface area contributed by atoms with E-state index in [9.17, 15) is 0 Å². The summed E-state index contributed by atoms with van der Waals surface area (Å²) in [5.41, 5.74) is 3.00. The number of rotatable bonds is 3. The van der Waals surface area contributed by atoms with Crippen molar-refractivity contribution in [3.8, 4) is 0 Å². The van der Waals surface area contributed by atoms with E-state index >= 15 is 0 Å². The van der Waals surface area contributed by atoms with Crippen LogP contribution in [0.25, 0.3) is 5.52 Å². The molecule has 18 heavy (non-hydrogen) atoms. The fourth-order valence-electron chi connectivity index (χ4n) is 2.10. The van der Waals surface area contributed by atoms with Crippen LogP contribution in [-0.4, -0.2) is 36.6 Å². The van der Waals surface area contributed by atoms with Gasteiger partial charge in [-0.25, -0.2) is 4.52 Å². The van der Waals surface area contributed by atoms with Crippen LogP contribution in [0.4, 0.5) is 0 Å². The Kier molecular flexibility index (Phi) is 2.52. The van der Waals surface area contributed by atoms with Gasteiger partial charge >= 0.3 is 0 Å². The molecule has 0 spiro atoms. The minimum Gasteiger partial charge on any atom is -0.308 e. The van der Waals surface area contributed by atoms with Gasteiger partial charge < -0.3 is 5.32 Å².